The van der Waals surface area contributed by atoms with E-state index in [1.807, 2.05) is 18.2 Å². The molecule has 0 fully saturated rings. The maximum atomic E-state index is 10.1. The zero-order chi connectivity index (χ0) is 17.8. The van der Waals surface area contributed by atoms with Gasteiger partial charge in [-0.3, -0.25) is 0 Å². The summed E-state index contributed by atoms with van der Waals surface area (Å²) >= 11 is 0. The Morgan fingerprint density at radius 1 is 0.833 bits per heavy atom. The molecule has 138 valence electrons. The van der Waals surface area contributed by atoms with E-state index in [0.29, 0.717) is 12.4 Å². The van der Waals surface area contributed by atoms with Gasteiger partial charge in [0, 0.05) is 0 Å². The predicted octanol–water partition coefficient (Wildman–Crippen LogP) is 6.99. The van der Waals surface area contributed by atoms with Crippen LogP contribution in [0.25, 0.3) is 0 Å². The summed E-state index contributed by atoms with van der Waals surface area (Å²) < 4.78 is 5.73. The Hall–Kier alpha value is -1.18. The lowest BCUT2D eigenvalue weighted by Gasteiger charge is -2.20. The van der Waals surface area contributed by atoms with Crippen molar-refractivity contribution in [1.29, 1.82) is 0 Å². The number of hydrogen-bond donors (Lipinski definition) is 1. The zero-order valence-electron chi connectivity index (χ0n) is 16.4. The first kappa shape index (κ1) is 20.9. The van der Waals surface area contributed by atoms with Crippen LogP contribution in [0, 0.1) is 0 Å². The SMILES string of the molecule is CCCCCCCCCCCCOc1ccc(C(C)(C)C)cc1O. The average molecular weight is 335 g/mol. The van der Waals surface area contributed by atoms with E-state index >= 15 is 0 Å². The van der Waals surface area contributed by atoms with Crippen molar-refractivity contribution in [3.05, 3.63) is 23.8 Å². The van der Waals surface area contributed by atoms with Crippen LogP contribution < -0.4 is 4.74 Å². The molecule has 0 aromatic heterocycles. The fourth-order valence-corrected chi connectivity index (χ4v) is 2.88. The van der Waals surface area contributed by atoms with Gasteiger partial charge in [-0.1, -0.05) is 91.5 Å². The summed E-state index contributed by atoms with van der Waals surface area (Å²) in [6.45, 7) is 9.39. The van der Waals surface area contributed by atoms with Gasteiger partial charge < -0.3 is 9.84 Å². The fourth-order valence-electron chi connectivity index (χ4n) is 2.88. The minimum atomic E-state index is 0.0482. The Labute approximate surface area is 149 Å². The molecule has 0 aliphatic carbocycles. The van der Waals surface area contributed by atoms with E-state index in [0.717, 1.165) is 12.0 Å². The highest BCUT2D eigenvalue weighted by Crippen LogP contribution is 2.32. The van der Waals surface area contributed by atoms with Crippen molar-refractivity contribution in [3.63, 3.8) is 0 Å². The number of aromatic hydroxyl groups is 1. The number of benzene rings is 1. The molecule has 1 N–H and O–H groups in total. The van der Waals surface area contributed by atoms with Gasteiger partial charge in [-0.2, -0.15) is 0 Å². The lowest BCUT2D eigenvalue weighted by molar-refractivity contribution is 0.288. The fraction of sp³-hybridized carbons (Fsp3) is 0.727. The molecule has 0 atom stereocenters. The van der Waals surface area contributed by atoms with Crippen molar-refractivity contribution in [2.75, 3.05) is 6.61 Å². The number of unbranched alkanes of at least 4 members (excludes halogenated alkanes) is 9. The van der Waals surface area contributed by atoms with Gasteiger partial charge in [0.2, 0.25) is 0 Å². The van der Waals surface area contributed by atoms with Crippen LogP contribution in [0.1, 0.15) is 97.5 Å². The maximum absolute atomic E-state index is 10.1. The minimum Gasteiger partial charge on any atom is -0.504 e. The molecular formula is C22H38O2. The number of phenols is 1. The monoisotopic (exact) mass is 334 g/mol. The third-order valence-corrected chi connectivity index (χ3v) is 4.58. The van der Waals surface area contributed by atoms with Crippen molar-refractivity contribution in [1.82, 2.24) is 0 Å². The molecule has 0 amide bonds. The molecule has 0 heterocycles. The third kappa shape index (κ3) is 8.61. The summed E-state index contributed by atoms with van der Waals surface area (Å²) in [5.41, 5.74) is 1.18. The van der Waals surface area contributed by atoms with Gasteiger partial charge in [0.1, 0.15) is 0 Å². The molecule has 1 rings (SSSR count). The van der Waals surface area contributed by atoms with Crippen molar-refractivity contribution >= 4 is 0 Å². The van der Waals surface area contributed by atoms with Crippen molar-refractivity contribution in [2.45, 2.75) is 97.3 Å². The van der Waals surface area contributed by atoms with E-state index in [1.54, 1.807) is 0 Å². The molecule has 0 unspecified atom stereocenters. The molecule has 0 bridgehead atoms. The van der Waals surface area contributed by atoms with E-state index in [-0.39, 0.29) is 11.2 Å². The second-order valence-electron chi connectivity index (χ2n) is 7.96. The zero-order valence-corrected chi connectivity index (χ0v) is 16.4. The van der Waals surface area contributed by atoms with Crippen LogP contribution in [0.5, 0.6) is 11.5 Å². The van der Waals surface area contributed by atoms with Gasteiger partial charge in [0.05, 0.1) is 6.61 Å². The average Bonchev–Trinajstić information content (AvgIpc) is 2.53. The van der Waals surface area contributed by atoms with E-state index in [4.69, 9.17) is 4.74 Å². The van der Waals surface area contributed by atoms with Gasteiger partial charge in [0.15, 0.2) is 11.5 Å². The summed E-state index contributed by atoms with van der Waals surface area (Å²) in [5, 5.41) is 10.1. The Morgan fingerprint density at radius 2 is 1.38 bits per heavy atom. The van der Waals surface area contributed by atoms with Gasteiger partial charge >= 0.3 is 0 Å². The molecule has 0 aliphatic heterocycles. The van der Waals surface area contributed by atoms with Crippen molar-refractivity contribution in [2.24, 2.45) is 0 Å². The molecule has 1 aromatic carbocycles. The quantitative estimate of drug-likeness (QED) is 0.417. The summed E-state index contributed by atoms with van der Waals surface area (Å²) in [7, 11) is 0. The number of hydrogen-bond acceptors (Lipinski definition) is 2. The van der Waals surface area contributed by atoms with Crippen LogP contribution in [0.4, 0.5) is 0 Å². The van der Waals surface area contributed by atoms with Crippen LogP contribution in [0.3, 0.4) is 0 Å². The Bertz CT molecular complexity index is 446. The Balaban J connectivity index is 2.09. The van der Waals surface area contributed by atoms with Gasteiger partial charge in [-0.05, 0) is 29.5 Å². The molecule has 2 heteroatoms. The second kappa shape index (κ2) is 11.4. The summed E-state index contributed by atoms with van der Waals surface area (Å²) in [4.78, 5) is 0. The third-order valence-electron chi connectivity index (χ3n) is 4.58. The van der Waals surface area contributed by atoms with Gasteiger partial charge in [0.25, 0.3) is 0 Å². The van der Waals surface area contributed by atoms with Crippen LogP contribution in [-0.4, -0.2) is 11.7 Å². The lowest BCUT2D eigenvalue weighted by Crippen LogP contribution is -2.10. The second-order valence-corrected chi connectivity index (χ2v) is 7.96. The Morgan fingerprint density at radius 3 is 1.88 bits per heavy atom. The molecule has 0 saturated carbocycles. The van der Waals surface area contributed by atoms with Crippen molar-refractivity contribution < 1.29 is 9.84 Å². The highest BCUT2D eigenvalue weighted by Gasteiger charge is 2.15. The highest BCUT2D eigenvalue weighted by atomic mass is 16.5. The minimum absolute atomic E-state index is 0.0482. The van der Waals surface area contributed by atoms with Crippen LogP contribution >= 0.6 is 0 Å². The predicted molar refractivity (Wildman–Crippen MR) is 104 cm³/mol. The molecule has 0 radical (unpaired) electrons. The molecule has 0 spiro atoms. The van der Waals surface area contributed by atoms with Crippen LogP contribution in [0.2, 0.25) is 0 Å². The highest BCUT2D eigenvalue weighted by molar-refractivity contribution is 5.43. The van der Waals surface area contributed by atoms with Crippen LogP contribution in [-0.2, 0) is 5.41 Å². The normalized spacial score (nSPS) is 11.7. The first-order valence-corrected chi connectivity index (χ1v) is 9.91. The van der Waals surface area contributed by atoms with E-state index in [2.05, 4.69) is 27.7 Å². The van der Waals surface area contributed by atoms with E-state index in [1.165, 1.54) is 57.8 Å². The number of ether oxygens (including phenoxy) is 1. The number of rotatable bonds is 12. The molecule has 0 saturated heterocycles. The lowest BCUT2D eigenvalue weighted by atomic mass is 9.87. The maximum Gasteiger partial charge on any atom is 0.160 e. The molecular weight excluding hydrogens is 296 g/mol. The topological polar surface area (TPSA) is 29.5 Å². The van der Waals surface area contributed by atoms with Gasteiger partial charge in [-0.25, -0.2) is 0 Å². The van der Waals surface area contributed by atoms with Crippen LogP contribution in [0.15, 0.2) is 18.2 Å². The first-order chi connectivity index (χ1) is 11.4. The number of phenolic OH excluding ortho intramolecular Hbond substituents is 1. The largest absolute Gasteiger partial charge is 0.504 e. The van der Waals surface area contributed by atoms with Gasteiger partial charge in [-0.15, -0.1) is 0 Å². The standard InChI is InChI=1S/C22H38O2/c1-5-6-7-8-9-10-11-12-13-14-17-24-21-16-15-19(18-20(21)23)22(2,3)4/h15-16,18,23H,5-14,17H2,1-4H3. The van der Waals surface area contributed by atoms with Crippen molar-refractivity contribution in [3.8, 4) is 11.5 Å². The summed E-state index contributed by atoms with van der Waals surface area (Å²) in [6, 6.07) is 5.77. The summed E-state index contributed by atoms with van der Waals surface area (Å²) in [5.74, 6) is 0.869. The molecule has 24 heavy (non-hydrogen) atoms. The molecule has 2 nitrogen and oxygen atoms in total. The molecule has 1 aromatic rings. The first-order valence-electron chi connectivity index (χ1n) is 9.91. The van der Waals surface area contributed by atoms with E-state index < -0.39 is 0 Å². The van der Waals surface area contributed by atoms with E-state index in [9.17, 15) is 5.11 Å². The smallest absolute Gasteiger partial charge is 0.160 e. The summed E-state index contributed by atoms with van der Waals surface area (Å²) in [6.07, 6.45) is 13.2. The molecule has 0 aliphatic rings. The Kier molecular flexibility index (Phi) is 9.90.